The number of benzene rings is 1. The number of nitrogens with zero attached hydrogens (tertiary/aromatic N) is 4. The third-order valence-electron chi connectivity index (χ3n) is 3.96. The average molecular weight is 383 g/mol. The highest BCUT2D eigenvalue weighted by molar-refractivity contribution is 6.30. The highest BCUT2D eigenvalue weighted by Crippen LogP contribution is 2.29. The van der Waals surface area contributed by atoms with Gasteiger partial charge in [0.15, 0.2) is 5.49 Å². The van der Waals surface area contributed by atoms with Gasteiger partial charge in [-0.05, 0) is 47.0 Å². The maximum atomic E-state index is 11.7. The van der Waals surface area contributed by atoms with Crippen LogP contribution >= 0.6 is 11.6 Å². The van der Waals surface area contributed by atoms with Crippen molar-refractivity contribution in [3.8, 4) is 22.3 Å². The van der Waals surface area contributed by atoms with Crippen LogP contribution in [0.3, 0.4) is 0 Å². The molecule has 3 rings (SSSR count). The molecule has 0 aliphatic heterocycles. The first kappa shape index (κ1) is 18.8. The summed E-state index contributed by atoms with van der Waals surface area (Å²) in [6.07, 6.45) is 5.85. The van der Waals surface area contributed by atoms with Crippen LogP contribution in [0, 0.1) is 0 Å². The molecule has 0 saturated heterocycles. The molecule has 7 heteroatoms. The number of aromatic nitrogens is 2. The number of halogens is 1. The third-order valence-corrected chi connectivity index (χ3v) is 4.21. The Morgan fingerprint density at radius 3 is 2.48 bits per heavy atom. The van der Waals surface area contributed by atoms with E-state index in [0.29, 0.717) is 17.2 Å². The van der Waals surface area contributed by atoms with Crippen LogP contribution < -0.4 is 5.49 Å². The molecule has 0 fully saturated rings. The van der Waals surface area contributed by atoms with Crippen molar-refractivity contribution in [3.05, 3.63) is 71.6 Å². The summed E-state index contributed by atoms with van der Waals surface area (Å²) >= 11 is 6.04. The zero-order valence-corrected chi connectivity index (χ0v) is 15.8. The summed E-state index contributed by atoms with van der Waals surface area (Å²) in [7, 11) is 3.37. The predicted molar refractivity (Wildman–Crippen MR) is 105 cm³/mol. The Morgan fingerprint density at radius 1 is 1.15 bits per heavy atom. The molecule has 3 aromatic rings. The molecule has 0 atom stereocenters. The molecule has 0 N–H and O–H groups in total. The largest absolute Gasteiger partial charge is 0.363 e. The van der Waals surface area contributed by atoms with E-state index in [4.69, 9.17) is 16.3 Å². The van der Waals surface area contributed by atoms with Crippen molar-refractivity contribution < 1.29 is 9.53 Å². The van der Waals surface area contributed by atoms with E-state index >= 15 is 0 Å². The number of rotatable bonds is 6. The smallest absolute Gasteiger partial charge is 0.219 e. The SMILES string of the molecule is COCN(C)/N=c1/c(-c2ccncc2)c(-c2ccc(Cl)cc2)ccn1C=O. The monoisotopic (exact) mass is 382 g/mol. The Bertz CT molecular complexity index is 985. The van der Waals surface area contributed by atoms with E-state index in [2.05, 4.69) is 10.1 Å². The zero-order chi connectivity index (χ0) is 19.2. The van der Waals surface area contributed by atoms with E-state index in [1.165, 1.54) is 4.57 Å². The molecule has 0 spiro atoms. The molecule has 0 saturated carbocycles. The van der Waals surface area contributed by atoms with E-state index < -0.39 is 0 Å². The van der Waals surface area contributed by atoms with Gasteiger partial charge in [-0.3, -0.25) is 19.4 Å². The van der Waals surface area contributed by atoms with Gasteiger partial charge in [0.1, 0.15) is 6.73 Å². The van der Waals surface area contributed by atoms with Crippen molar-refractivity contribution in [2.45, 2.75) is 0 Å². The molecule has 0 bridgehead atoms. The van der Waals surface area contributed by atoms with Crippen LogP contribution in [0.25, 0.3) is 22.3 Å². The lowest BCUT2D eigenvalue weighted by molar-refractivity contribution is 0.0806. The van der Waals surface area contributed by atoms with Crippen LogP contribution in [0.2, 0.25) is 5.02 Å². The van der Waals surface area contributed by atoms with Gasteiger partial charge in [0.2, 0.25) is 6.41 Å². The zero-order valence-electron chi connectivity index (χ0n) is 15.0. The molecular formula is C20H19ClN4O2. The number of ether oxygens (including phenoxy) is 1. The van der Waals surface area contributed by atoms with Crippen molar-refractivity contribution in [2.75, 3.05) is 20.9 Å². The molecule has 0 aliphatic carbocycles. The maximum Gasteiger partial charge on any atom is 0.219 e. The normalized spacial score (nSPS) is 11.4. The molecule has 0 unspecified atom stereocenters. The molecule has 6 nitrogen and oxygen atoms in total. The van der Waals surface area contributed by atoms with Crippen LogP contribution in [0.4, 0.5) is 0 Å². The van der Waals surface area contributed by atoms with Crippen molar-refractivity contribution in [3.63, 3.8) is 0 Å². The van der Waals surface area contributed by atoms with Gasteiger partial charge in [0, 0.05) is 43.3 Å². The minimum atomic E-state index is 0.291. The number of hydrogen-bond acceptors (Lipinski definition) is 5. The van der Waals surface area contributed by atoms with Crippen LogP contribution in [0.1, 0.15) is 0 Å². The predicted octanol–water partition coefficient (Wildman–Crippen LogP) is 3.26. The molecule has 0 amide bonds. The number of carbonyl (C=O) groups is 1. The van der Waals surface area contributed by atoms with E-state index in [0.717, 1.165) is 28.7 Å². The number of methoxy groups -OCH3 is 1. The highest BCUT2D eigenvalue weighted by Gasteiger charge is 2.13. The first-order valence-electron chi connectivity index (χ1n) is 8.25. The van der Waals surface area contributed by atoms with Crippen LogP contribution in [0.15, 0.2) is 66.2 Å². The van der Waals surface area contributed by atoms with Gasteiger partial charge in [-0.2, -0.15) is 5.10 Å². The van der Waals surface area contributed by atoms with E-state index in [9.17, 15) is 4.79 Å². The summed E-state index contributed by atoms with van der Waals surface area (Å²) in [4.78, 5) is 15.8. The summed E-state index contributed by atoms with van der Waals surface area (Å²) < 4.78 is 6.58. The fraction of sp³-hybridized carbons (Fsp3) is 0.150. The molecule has 1 aromatic carbocycles. The minimum Gasteiger partial charge on any atom is -0.363 e. The lowest BCUT2D eigenvalue weighted by Crippen LogP contribution is -2.28. The van der Waals surface area contributed by atoms with Crippen LogP contribution in [0.5, 0.6) is 0 Å². The van der Waals surface area contributed by atoms with Gasteiger partial charge in [-0.1, -0.05) is 23.7 Å². The Balaban J connectivity index is 2.35. The quantitative estimate of drug-likeness (QED) is 0.373. The first-order valence-corrected chi connectivity index (χ1v) is 8.63. The molecule has 2 aromatic heterocycles. The van der Waals surface area contributed by atoms with Crippen LogP contribution in [-0.2, 0) is 9.53 Å². The second kappa shape index (κ2) is 8.62. The standard InChI is InChI=1S/C20H19ClN4O2/c1-24(14-27-2)23-20-19(16-7-10-22-11-8-16)18(9-12-25(20)13-26)15-3-5-17(21)6-4-15/h3-13H,14H2,1-2H3/b23-20-. The number of carbonyl (C=O) groups excluding carboxylic acids is 1. The Kier molecular flexibility index (Phi) is 6.01. The second-order valence-corrected chi connectivity index (χ2v) is 6.30. The first-order chi connectivity index (χ1) is 13.1. The average Bonchev–Trinajstić information content (AvgIpc) is 2.69. The third kappa shape index (κ3) is 4.24. The van der Waals surface area contributed by atoms with Gasteiger partial charge in [-0.25, -0.2) is 0 Å². The van der Waals surface area contributed by atoms with Gasteiger partial charge < -0.3 is 4.74 Å². The number of pyridine rings is 2. The van der Waals surface area contributed by atoms with Gasteiger partial charge in [0.25, 0.3) is 0 Å². The summed E-state index contributed by atoms with van der Waals surface area (Å²) in [6.45, 7) is 0.291. The topological polar surface area (TPSA) is 59.7 Å². The second-order valence-electron chi connectivity index (χ2n) is 5.86. The minimum absolute atomic E-state index is 0.291. The van der Waals surface area contributed by atoms with Crippen LogP contribution in [-0.4, -0.2) is 41.9 Å². The highest BCUT2D eigenvalue weighted by atomic mass is 35.5. The van der Waals surface area contributed by atoms with Crippen molar-refractivity contribution in [1.29, 1.82) is 0 Å². The summed E-state index contributed by atoms with van der Waals surface area (Å²) in [6, 6.07) is 13.2. The van der Waals surface area contributed by atoms with Crippen molar-refractivity contribution in [1.82, 2.24) is 14.6 Å². The van der Waals surface area contributed by atoms with Gasteiger partial charge >= 0.3 is 0 Å². The maximum absolute atomic E-state index is 11.7. The van der Waals surface area contributed by atoms with E-state index in [-0.39, 0.29) is 0 Å². The Morgan fingerprint density at radius 2 is 1.85 bits per heavy atom. The summed E-state index contributed by atoms with van der Waals surface area (Å²) in [5.74, 6) is 0. The molecule has 27 heavy (non-hydrogen) atoms. The molecule has 138 valence electrons. The lowest BCUT2D eigenvalue weighted by Gasteiger charge is -2.16. The molecule has 0 aliphatic rings. The van der Waals surface area contributed by atoms with Crippen molar-refractivity contribution >= 4 is 18.0 Å². The number of hydrogen-bond donors (Lipinski definition) is 0. The summed E-state index contributed by atoms with van der Waals surface area (Å²) in [5.41, 5.74) is 4.12. The fourth-order valence-corrected chi connectivity index (χ4v) is 2.92. The molecule has 0 radical (unpaired) electrons. The van der Waals surface area contributed by atoms with Crippen molar-refractivity contribution in [2.24, 2.45) is 5.10 Å². The molecule has 2 heterocycles. The van der Waals surface area contributed by atoms with E-state index in [1.807, 2.05) is 42.5 Å². The lowest BCUT2D eigenvalue weighted by atomic mass is 9.96. The van der Waals surface area contributed by atoms with Gasteiger partial charge in [-0.15, -0.1) is 0 Å². The fourth-order valence-electron chi connectivity index (χ4n) is 2.80. The van der Waals surface area contributed by atoms with E-state index in [1.54, 1.807) is 37.8 Å². The Hall–Kier alpha value is -2.96. The van der Waals surface area contributed by atoms with Gasteiger partial charge in [0.05, 0.1) is 0 Å². The Labute approximate surface area is 162 Å². The summed E-state index contributed by atoms with van der Waals surface area (Å²) in [5, 5.41) is 6.88. The molecular weight excluding hydrogens is 364 g/mol.